The summed E-state index contributed by atoms with van der Waals surface area (Å²) < 4.78 is 66.2. The summed E-state index contributed by atoms with van der Waals surface area (Å²) in [7, 11) is 1.80. The van der Waals surface area contributed by atoms with Crippen LogP contribution in [0.15, 0.2) is 0 Å². The van der Waals surface area contributed by atoms with Gasteiger partial charge in [0, 0.05) is 18.7 Å². The first-order valence-corrected chi connectivity index (χ1v) is 6.33. The Balaban J connectivity index is 2.19. The van der Waals surface area contributed by atoms with Crippen molar-refractivity contribution in [2.45, 2.75) is 13.0 Å². The molecule has 1 N–H and O–H groups in total. The van der Waals surface area contributed by atoms with Crippen molar-refractivity contribution in [1.82, 2.24) is 10.2 Å². The molecule has 0 saturated carbocycles. The summed E-state index contributed by atoms with van der Waals surface area (Å²) in [5.74, 6) is -9.04. The average Bonchev–Trinajstić information content (AvgIpc) is 2.87. The number of likely N-dealkylation sites (tertiary alicyclic amines) is 1. The molecular formula is C13H15F5N2. The minimum absolute atomic E-state index is 0.272. The van der Waals surface area contributed by atoms with Crippen LogP contribution < -0.4 is 5.32 Å². The highest BCUT2D eigenvalue weighted by atomic mass is 19.2. The first-order chi connectivity index (χ1) is 9.45. The van der Waals surface area contributed by atoms with E-state index in [2.05, 4.69) is 5.32 Å². The fourth-order valence-corrected chi connectivity index (χ4v) is 2.52. The van der Waals surface area contributed by atoms with Gasteiger partial charge in [0.15, 0.2) is 23.3 Å². The highest BCUT2D eigenvalue weighted by molar-refractivity contribution is 5.24. The molecule has 0 radical (unpaired) electrons. The number of rotatable bonds is 4. The van der Waals surface area contributed by atoms with Gasteiger partial charge in [-0.25, -0.2) is 22.0 Å². The molecule has 0 bridgehead atoms. The van der Waals surface area contributed by atoms with Gasteiger partial charge in [-0.3, -0.25) is 4.90 Å². The van der Waals surface area contributed by atoms with E-state index < -0.39 is 34.6 Å². The Bertz CT molecular complexity index is 477. The second-order valence-corrected chi connectivity index (χ2v) is 5.00. The molecule has 0 amide bonds. The molecule has 1 atom stereocenters. The molecule has 1 fully saturated rings. The predicted octanol–water partition coefficient (Wildman–Crippen LogP) is 2.42. The number of nitrogens with zero attached hydrogens (tertiary/aromatic N) is 1. The Morgan fingerprint density at radius 2 is 1.55 bits per heavy atom. The lowest BCUT2D eigenvalue weighted by Gasteiger charge is -2.17. The van der Waals surface area contributed by atoms with Gasteiger partial charge in [0.25, 0.3) is 0 Å². The Morgan fingerprint density at radius 1 is 1.00 bits per heavy atom. The van der Waals surface area contributed by atoms with Crippen molar-refractivity contribution >= 4 is 0 Å². The maximum Gasteiger partial charge on any atom is 0.200 e. The third-order valence-electron chi connectivity index (χ3n) is 3.55. The van der Waals surface area contributed by atoms with Gasteiger partial charge in [-0.2, -0.15) is 0 Å². The van der Waals surface area contributed by atoms with Crippen LogP contribution in [0.1, 0.15) is 12.0 Å². The van der Waals surface area contributed by atoms with Crippen LogP contribution in [-0.4, -0.2) is 31.6 Å². The topological polar surface area (TPSA) is 15.3 Å². The van der Waals surface area contributed by atoms with E-state index in [4.69, 9.17) is 0 Å². The van der Waals surface area contributed by atoms with E-state index in [0.717, 1.165) is 13.0 Å². The molecule has 1 unspecified atom stereocenters. The van der Waals surface area contributed by atoms with Crippen LogP contribution >= 0.6 is 0 Å². The summed E-state index contributed by atoms with van der Waals surface area (Å²) in [4.78, 5) is 1.69. The van der Waals surface area contributed by atoms with Gasteiger partial charge in [-0.15, -0.1) is 0 Å². The molecule has 1 saturated heterocycles. The van der Waals surface area contributed by atoms with Crippen LogP contribution in [0, 0.1) is 35.0 Å². The van der Waals surface area contributed by atoms with E-state index in [1.165, 1.54) is 0 Å². The first kappa shape index (κ1) is 15.2. The quantitative estimate of drug-likeness (QED) is 0.521. The Kier molecular flexibility index (Phi) is 4.59. The molecule has 0 aromatic heterocycles. The number of hydrogen-bond donors (Lipinski definition) is 1. The van der Waals surface area contributed by atoms with Gasteiger partial charge in [0.2, 0.25) is 5.82 Å². The molecule has 1 aliphatic heterocycles. The molecule has 1 aromatic carbocycles. The molecule has 1 aliphatic rings. The smallest absolute Gasteiger partial charge is 0.200 e. The van der Waals surface area contributed by atoms with E-state index in [9.17, 15) is 22.0 Å². The SMILES string of the molecule is CNCC1CCN(Cc2c(F)c(F)c(F)c(F)c2F)C1. The monoisotopic (exact) mass is 294 g/mol. The zero-order valence-corrected chi connectivity index (χ0v) is 10.9. The molecule has 7 heteroatoms. The molecule has 20 heavy (non-hydrogen) atoms. The zero-order chi connectivity index (χ0) is 14.9. The summed E-state index contributed by atoms with van der Waals surface area (Å²) in [6.45, 7) is 1.63. The van der Waals surface area contributed by atoms with Crippen LogP contribution in [0.2, 0.25) is 0 Å². The Hall–Kier alpha value is -1.21. The molecule has 0 spiro atoms. The molecular weight excluding hydrogens is 279 g/mol. The van der Waals surface area contributed by atoms with E-state index in [1.54, 1.807) is 11.9 Å². The van der Waals surface area contributed by atoms with Crippen molar-refractivity contribution in [2.75, 3.05) is 26.7 Å². The van der Waals surface area contributed by atoms with Crippen molar-refractivity contribution in [1.29, 1.82) is 0 Å². The largest absolute Gasteiger partial charge is 0.319 e. The van der Waals surface area contributed by atoms with E-state index >= 15 is 0 Å². The van der Waals surface area contributed by atoms with Crippen LogP contribution in [0.5, 0.6) is 0 Å². The Labute approximate surface area is 113 Å². The molecule has 2 rings (SSSR count). The average molecular weight is 294 g/mol. The summed E-state index contributed by atoms with van der Waals surface area (Å²) in [5.41, 5.74) is -0.758. The number of benzene rings is 1. The summed E-state index contributed by atoms with van der Waals surface area (Å²) in [5, 5.41) is 3.00. The van der Waals surface area contributed by atoms with Gasteiger partial charge < -0.3 is 5.32 Å². The van der Waals surface area contributed by atoms with Crippen molar-refractivity contribution in [3.05, 3.63) is 34.6 Å². The number of nitrogens with one attached hydrogen (secondary N) is 1. The van der Waals surface area contributed by atoms with Gasteiger partial charge in [-0.1, -0.05) is 0 Å². The lowest BCUT2D eigenvalue weighted by Crippen LogP contribution is -2.25. The van der Waals surface area contributed by atoms with Gasteiger partial charge in [0.05, 0.1) is 0 Å². The summed E-state index contributed by atoms with van der Waals surface area (Å²) in [6, 6.07) is 0. The van der Waals surface area contributed by atoms with Gasteiger partial charge in [-0.05, 0) is 32.5 Å². The van der Waals surface area contributed by atoms with Crippen molar-refractivity contribution in [3.63, 3.8) is 0 Å². The minimum atomic E-state index is -2.11. The van der Waals surface area contributed by atoms with Crippen molar-refractivity contribution in [3.8, 4) is 0 Å². The van der Waals surface area contributed by atoms with E-state index in [-0.39, 0.29) is 6.54 Å². The maximum absolute atomic E-state index is 13.5. The lowest BCUT2D eigenvalue weighted by atomic mass is 10.1. The second-order valence-electron chi connectivity index (χ2n) is 5.00. The predicted molar refractivity (Wildman–Crippen MR) is 63.5 cm³/mol. The van der Waals surface area contributed by atoms with Crippen LogP contribution in [0.25, 0.3) is 0 Å². The third-order valence-corrected chi connectivity index (χ3v) is 3.55. The highest BCUT2D eigenvalue weighted by Gasteiger charge is 2.29. The first-order valence-electron chi connectivity index (χ1n) is 6.33. The van der Waals surface area contributed by atoms with Gasteiger partial charge >= 0.3 is 0 Å². The fraction of sp³-hybridized carbons (Fsp3) is 0.538. The Morgan fingerprint density at radius 3 is 2.10 bits per heavy atom. The highest BCUT2D eigenvalue weighted by Crippen LogP contribution is 2.26. The third kappa shape index (κ3) is 2.78. The van der Waals surface area contributed by atoms with E-state index in [0.29, 0.717) is 19.0 Å². The minimum Gasteiger partial charge on any atom is -0.319 e. The van der Waals surface area contributed by atoms with Crippen molar-refractivity contribution < 1.29 is 22.0 Å². The summed E-state index contributed by atoms with van der Waals surface area (Å²) >= 11 is 0. The number of hydrogen-bond acceptors (Lipinski definition) is 2. The van der Waals surface area contributed by atoms with Crippen LogP contribution in [0.4, 0.5) is 22.0 Å². The second kappa shape index (κ2) is 6.05. The molecule has 1 aromatic rings. The van der Waals surface area contributed by atoms with Gasteiger partial charge in [0.1, 0.15) is 0 Å². The lowest BCUT2D eigenvalue weighted by molar-refractivity contribution is 0.291. The normalized spacial score (nSPS) is 19.8. The van der Waals surface area contributed by atoms with Crippen molar-refractivity contribution in [2.24, 2.45) is 5.92 Å². The number of halogens is 5. The molecule has 2 nitrogen and oxygen atoms in total. The molecule has 112 valence electrons. The van der Waals surface area contributed by atoms with E-state index in [1.807, 2.05) is 0 Å². The summed E-state index contributed by atoms with van der Waals surface area (Å²) in [6.07, 6.45) is 0.830. The maximum atomic E-state index is 13.5. The zero-order valence-electron chi connectivity index (χ0n) is 10.9. The molecule has 0 aliphatic carbocycles. The standard InChI is InChI=1S/C13H15F5N2/c1-19-4-7-2-3-20(5-7)6-8-9(14)11(16)13(18)12(17)10(8)15/h7,19H,2-6H2,1H3. The molecule has 1 heterocycles. The van der Waals surface area contributed by atoms with Crippen LogP contribution in [0.3, 0.4) is 0 Å². The fourth-order valence-electron chi connectivity index (χ4n) is 2.52. The van der Waals surface area contributed by atoms with Crippen LogP contribution in [-0.2, 0) is 6.54 Å².